The van der Waals surface area contributed by atoms with Gasteiger partial charge in [-0.25, -0.2) is 4.39 Å². The van der Waals surface area contributed by atoms with Gasteiger partial charge in [-0.05, 0) is 61.6 Å². The predicted octanol–water partition coefficient (Wildman–Crippen LogP) is 6.00. The molecule has 4 rings (SSSR count). The van der Waals surface area contributed by atoms with Crippen LogP contribution < -0.4 is 10.1 Å². The van der Waals surface area contributed by atoms with Crippen LogP contribution in [0.4, 0.5) is 23.2 Å². The SMILES string of the molecule is Cc1ccc2c(NC[C@](O)(CC(C)(C)c3cc(F)cc4c3OCC4)C(F)(F)F)c(C)ccc2n1. The quantitative estimate of drug-likeness (QED) is 0.429. The number of fused-ring (bicyclic) bond motifs is 2. The van der Waals surface area contributed by atoms with Crippen LogP contribution in [-0.2, 0) is 11.8 Å². The number of hydrogen-bond donors (Lipinski definition) is 2. The van der Waals surface area contributed by atoms with Crippen molar-refractivity contribution in [1.29, 1.82) is 0 Å². The zero-order chi connectivity index (χ0) is 24.9. The predicted molar refractivity (Wildman–Crippen MR) is 124 cm³/mol. The average Bonchev–Trinajstić information content (AvgIpc) is 3.19. The highest BCUT2D eigenvalue weighted by Gasteiger charge is 2.56. The van der Waals surface area contributed by atoms with Crippen molar-refractivity contribution in [1.82, 2.24) is 4.98 Å². The molecule has 182 valence electrons. The van der Waals surface area contributed by atoms with Crippen LogP contribution in [0.2, 0.25) is 0 Å². The maximum Gasteiger partial charge on any atom is 0.418 e. The van der Waals surface area contributed by atoms with Crippen LogP contribution in [-0.4, -0.2) is 35.0 Å². The van der Waals surface area contributed by atoms with E-state index in [1.807, 2.05) is 13.0 Å². The summed E-state index contributed by atoms with van der Waals surface area (Å²) in [5, 5.41) is 14.5. The van der Waals surface area contributed by atoms with E-state index in [0.29, 0.717) is 46.5 Å². The molecule has 2 heterocycles. The third-order valence-electron chi connectivity index (χ3n) is 6.52. The molecular formula is C26H28F4N2O2. The number of aryl methyl sites for hydroxylation is 2. The first-order valence-electron chi connectivity index (χ1n) is 11.2. The molecule has 34 heavy (non-hydrogen) atoms. The highest BCUT2D eigenvalue weighted by molar-refractivity contribution is 5.93. The fourth-order valence-electron chi connectivity index (χ4n) is 4.75. The lowest BCUT2D eigenvalue weighted by Crippen LogP contribution is -2.53. The Morgan fingerprint density at radius 1 is 1.09 bits per heavy atom. The van der Waals surface area contributed by atoms with Crippen LogP contribution in [0, 0.1) is 19.7 Å². The summed E-state index contributed by atoms with van der Waals surface area (Å²) in [6.07, 6.45) is -5.12. The van der Waals surface area contributed by atoms with E-state index in [1.165, 1.54) is 12.1 Å². The molecule has 1 aliphatic heterocycles. The summed E-state index contributed by atoms with van der Waals surface area (Å²) < 4.78 is 62.7. The standard InChI is InChI=1S/C26H28F4N2O2/c1-15-5-8-21-19(7-6-16(2)32-21)22(15)31-14-25(33,26(28,29)30)13-24(3,4)20-12-18(27)11-17-9-10-34-23(17)20/h5-8,11-12,31,33H,9-10,13-14H2,1-4H3/t25-/m1/s1. The van der Waals surface area contributed by atoms with Crippen molar-refractivity contribution in [2.24, 2.45) is 0 Å². The molecular weight excluding hydrogens is 448 g/mol. The van der Waals surface area contributed by atoms with Gasteiger partial charge in [0.05, 0.1) is 18.7 Å². The number of aliphatic hydroxyl groups is 1. The van der Waals surface area contributed by atoms with E-state index in [4.69, 9.17) is 4.74 Å². The van der Waals surface area contributed by atoms with Gasteiger partial charge in [-0.3, -0.25) is 4.98 Å². The van der Waals surface area contributed by atoms with E-state index < -0.39 is 36.0 Å². The number of nitrogens with one attached hydrogen (secondary N) is 1. The van der Waals surface area contributed by atoms with E-state index in [0.717, 1.165) is 11.3 Å². The van der Waals surface area contributed by atoms with Crippen LogP contribution >= 0.6 is 0 Å². The monoisotopic (exact) mass is 476 g/mol. The molecule has 1 aromatic heterocycles. The number of hydrogen-bond acceptors (Lipinski definition) is 4. The van der Waals surface area contributed by atoms with Crippen molar-refractivity contribution < 1.29 is 27.4 Å². The highest BCUT2D eigenvalue weighted by atomic mass is 19.4. The second-order valence-electron chi connectivity index (χ2n) is 9.76. The number of rotatable bonds is 6. The van der Waals surface area contributed by atoms with Gasteiger partial charge in [0, 0.05) is 34.3 Å². The molecule has 0 aliphatic carbocycles. The van der Waals surface area contributed by atoms with Crippen LogP contribution in [0.5, 0.6) is 5.75 Å². The average molecular weight is 477 g/mol. The summed E-state index contributed by atoms with van der Waals surface area (Å²) in [6, 6.07) is 9.73. The highest BCUT2D eigenvalue weighted by Crippen LogP contribution is 2.46. The largest absolute Gasteiger partial charge is 0.493 e. The van der Waals surface area contributed by atoms with E-state index in [9.17, 15) is 22.7 Å². The van der Waals surface area contributed by atoms with Gasteiger partial charge in [-0.1, -0.05) is 19.9 Å². The molecule has 2 N–H and O–H groups in total. The number of alkyl halides is 3. The normalized spacial score (nSPS) is 15.7. The lowest BCUT2D eigenvalue weighted by atomic mass is 9.74. The Labute approximate surface area is 196 Å². The topological polar surface area (TPSA) is 54.4 Å². The molecule has 0 bridgehead atoms. The molecule has 0 radical (unpaired) electrons. The van der Waals surface area contributed by atoms with Gasteiger partial charge in [-0.2, -0.15) is 13.2 Å². The summed E-state index contributed by atoms with van der Waals surface area (Å²) in [7, 11) is 0. The Morgan fingerprint density at radius 2 is 1.82 bits per heavy atom. The third-order valence-corrected chi connectivity index (χ3v) is 6.52. The van der Waals surface area contributed by atoms with Gasteiger partial charge >= 0.3 is 6.18 Å². The van der Waals surface area contributed by atoms with Crippen molar-refractivity contribution in [3.8, 4) is 5.75 Å². The molecule has 0 spiro atoms. The maximum absolute atomic E-state index is 14.3. The zero-order valence-electron chi connectivity index (χ0n) is 19.6. The van der Waals surface area contributed by atoms with Gasteiger partial charge in [0.1, 0.15) is 11.6 Å². The van der Waals surface area contributed by atoms with Crippen molar-refractivity contribution in [2.45, 2.75) is 57.7 Å². The molecule has 0 fully saturated rings. The zero-order valence-corrected chi connectivity index (χ0v) is 19.6. The summed E-state index contributed by atoms with van der Waals surface area (Å²) in [4.78, 5) is 4.44. The summed E-state index contributed by atoms with van der Waals surface area (Å²) in [6.45, 7) is 6.33. The molecule has 1 atom stereocenters. The van der Waals surface area contributed by atoms with E-state index in [1.54, 1.807) is 39.0 Å². The Bertz CT molecular complexity index is 1240. The molecule has 3 aromatic rings. The molecule has 0 amide bonds. The Hall–Kier alpha value is -2.87. The number of nitrogens with zero attached hydrogens (tertiary/aromatic N) is 1. The minimum Gasteiger partial charge on any atom is -0.493 e. The van der Waals surface area contributed by atoms with Gasteiger partial charge < -0.3 is 15.2 Å². The molecule has 1 aliphatic rings. The van der Waals surface area contributed by atoms with Gasteiger partial charge in [0.2, 0.25) is 0 Å². The number of halogens is 4. The van der Waals surface area contributed by atoms with Crippen molar-refractivity contribution in [3.63, 3.8) is 0 Å². The number of benzene rings is 2. The summed E-state index contributed by atoms with van der Waals surface area (Å²) >= 11 is 0. The van der Waals surface area contributed by atoms with Crippen molar-refractivity contribution >= 4 is 16.6 Å². The second-order valence-corrected chi connectivity index (χ2v) is 9.76. The molecule has 0 unspecified atom stereocenters. The summed E-state index contributed by atoms with van der Waals surface area (Å²) in [5.74, 6) is -0.120. The van der Waals surface area contributed by atoms with Crippen LogP contribution in [0.1, 0.15) is 42.7 Å². The lowest BCUT2D eigenvalue weighted by molar-refractivity contribution is -0.260. The van der Waals surface area contributed by atoms with E-state index in [-0.39, 0.29) is 0 Å². The Balaban J connectivity index is 1.68. The minimum atomic E-state index is -4.93. The van der Waals surface area contributed by atoms with Gasteiger partial charge in [-0.15, -0.1) is 0 Å². The fraction of sp³-hybridized carbons (Fsp3) is 0.423. The first kappa shape index (κ1) is 24.3. The molecule has 2 aromatic carbocycles. The maximum atomic E-state index is 14.3. The lowest BCUT2D eigenvalue weighted by Gasteiger charge is -2.38. The van der Waals surface area contributed by atoms with Crippen LogP contribution in [0.3, 0.4) is 0 Å². The summed E-state index contributed by atoms with van der Waals surface area (Å²) in [5.41, 5.74) is -0.693. The Morgan fingerprint density at radius 3 is 2.53 bits per heavy atom. The van der Waals surface area contributed by atoms with Crippen molar-refractivity contribution in [2.75, 3.05) is 18.5 Å². The molecule has 0 saturated heterocycles. The fourth-order valence-corrected chi connectivity index (χ4v) is 4.75. The first-order valence-corrected chi connectivity index (χ1v) is 11.2. The van der Waals surface area contributed by atoms with Crippen LogP contribution in [0.15, 0.2) is 36.4 Å². The number of aromatic nitrogens is 1. The first-order chi connectivity index (χ1) is 15.8. The van der Waals surface area contributed by atoms with E-state index >= 15 is 0 Å². The molecule has 4 nitrogen and oxygen atoms in total. The number of ether oxygens (including phenoxy) is 1. The molecule has 8 heteroatoms. The number of anilines is 1. The second kappa shape index (κ2) is 8.41. The smallest absolute Gasteiger partial charge is 0.418 e. The van der Waals surface area contributed by atoms with Crippen molar-refractivity contribution in [3.05, 3.63) is 64.6 Å². The minimum absolute atomic E-state index is 0.323. The van der Waals surface area contributed by atoms with Gasteiger partial charge in [0.25, 0.3) is 0 Å². The Kier molecular flexibility index (Phi) is 6.00. The molecule has 0 saturated carbocycles. The van der Waals surface area contributed by atoms with E-state index in [2.05, 4.69) is 10.3 Å². The van der Waals surface area contributed by atoms with Crippen LogP contribution in [0.25, 0.3) is 10.9 Å². The third kappa shape index (κ3) is 4.43. The number of pyridine rings is 1. The van der Waals surface area contributed by atoms with Gasteiger partial charge in [0.15, 0.2) is 5.60 Å².